The van der Waals surface area contributed by atoms with Crippen molar-refractivity contribution in [3.8, 4) is 0 Å². The molecular formula is C15H23N5O6S. The van der Waals surface area contributed by atoms with Crippen LogP contribution in [-0.4, -0.2) is 82.7 Å². The third-order valence-corrected chi connectivity index (χ3v) is 5.05. The second kappa shape index (κ2) is 8.17. The molecule has 1 unspecified atom stereocenters. The molecule has 0 aromatic heterocycles. The molecule has 1 aromatic rings. The van der Waals surface area contributed by atoms with Crippen molar-refractivity contribution in [2.45, 2.75) is 11.1 Å². The van der Waals surface area contributed by atoms with Crippen LogP contribution in [0.4, 0.5) is 11.4 Å². The molecule has 2 rings (SSSR count). The van der Waals surface area contributed by atoms with Crippen LogP contribution in [0.25, 0.3) is 0 Å². The number of nitro groups is 1. The number of likely N-dealkylation sites (N-methyl/N-ethyl adjacent to an activating group) is 2. The van der Waals surface area contributed by atoms with Crippen molar-refractivity contribution in [3.63, 3.8) is 0 Å². The second-order valence-electron chi connectivity index (χ2n) is 6.47. The van der Waals surface area contributed by atoms with Crippen LogP contribution in [-0.2, 0) is 19.6 Å². The van der Waals surface area contributed by atoms with Gasteiger partial charge in [0.05, 0.1) is 29.5 Å². The van der Waals surface area contributed by atoms with E-state index < -0.39 is 26.9 Å². The van der Waals surface area contributed by atoms with Crippen LogP contribution in [0.1, 0.15) is 0 Å². The molecule has 2 N–H and O–H groups in total. The van der Waals surface area contributed by atoms with Crippen LogP contribution < -0.4 is 10.0 Å². The Morgan fingerprint density at radius 2 is 2.07 bits per heavy atom. The molecule has 1 aliphatic heterocycles. The summed E-state index contributed by atoms with van der Waals surface area (Å²) in [6, 6.07) is 3.42. The van der Waals surface area contributed by atoms with Gasteiger partial charge in [-0.1, -0.05) is 0 Å². The Labute approximate surface area is 157 Å². The summed E-state index contributed by atoms with van der Waals surface area (Å²) in [6.45, 7) is 1.21. The van der Waals surface area contributed by atoms with E-state index in [1.807, 2.05) is 0 Å². The molecule has 1 aliphatic rings. The monoisotopic (exact) mass is 401 g/mol. The highest BCUT2D eigenvalue weighted by Gasteiger charge is 2.30. The highest BCUT2D eigenvalue weighted by Crippen LogP contribution is 2.31. The summed E-state index contributed by atoms with van der Waals surface area (Å²) in [7, 11) is 1.10. The van der Waals surface area contributed by atoms with E-state index in [1.165, 1.54) is 17.0 Å². The zero-order chi connectivity index (χ0) is 20.4. The zero-order valence-corrected chi connectivity index (χ0v) is 16.2. The van der Waals surface area contributed by atoms with E-state index in [2.05, 4.69) is 0 Å². The van der Waals surface area contributed by atoms with Crippen LogP contribution in [0.15, 0.2) is 23.1 Å². The fourth-order valence-electron chi connectivity index (χ4n) is 2.74. The lowest BCUT2D eigenvalue weighted by atomic mass is 10.2. The number of anilines is 1. The molecule has 0 saturated carbocycles. The fraction of sp³-hybridized carbons (Fsp3) is 0.533. The van der Waals surface area contributed by atoms with E-state index in [9.17, 15) is 23.3 Å². The SMILES string of the molecule is CN(C)CC(=O)N1CCOC(N(C)c2ccc(S(N)(=O)=O)cc2[N+](=O)[O-])C1. The van der Waals surface area contributed by atoms with Crippen molar-refractivity contribution in [1.82, 2.24) is 9.80 Å². The summed E-state index contributed by atoms with van der Waals surface area (Å²) in [4.78, 5) is 27.6. The van der Waals surface area contributed by atoms with Crippen LogP contribution >= 0.6 is 0 Å². The van der Waals surface area contributed by atoms with Gasteiger partial charge in [-0.15, -0.1) is 0 Å². The first-order valence-corrected chi connectivity index (χ1v) is 9.63. The van der Waals surface area contributed by atoms with Crippen molar-refractivity contribution in [2.75, 3.05) is 52.3 Å². The van der Waals surface area contributed by atoms with Gasteiger partial charge < -0.3 is 19.4 Å². The van der Waals surface area contributed by atoms with Gasteiger partial charge in [0.2, 0.25) is 15.9 Å². The minimum atomic E-state index is -4.07. The maximum absolute atomic E-state index is 12.3. The van der Waals surface area contributed by atoms with Crippen molar-refractivity contribution in [2.24, 2.45) is 5.14 Å². The molecule has 0 bridgehead atoms. The normalized spacial score (nSPS) is 17.8. The molecule has 1 aromatic carbocycles. The number of rotatable bonds is 6. The van der Waals surface area contributed by atoms with Crippen molar-refractivity contribution in [3.05, 3.63) is 28.3 Å². The summed E-state index contributed by atoms with van der Waals surface area (Å²) in [5.74, 6) is -0.0687. The average Bonchev–Trinajstić information content (AvgIpc) is 2.59. The van der Waals surface area contributed by atoms with Gasteiger partial charge in [0.1, 0.15) is 11.9 Å². The molecule has 11 nitrogen and oxygen atoms in total. The zero-order valence-electron chi connectivity index (χ0n) is 15.4. The number of hydrogen-bond acceptors (Lipinski definition) is 8. The number of primary sulfonamides is 1. The van der Waals surface area contributed by atoms with Gasteiger partial charge in [-0.2, -0.15) is 0 Å². The molecule has 0 radical (unpaired) electrons. The first kappa shape index (κ1) is 21.0. The molecule has 27 heavy (non-hydrogen) atoms. The summed E-state index contributed by atoms with van der Waals surface area (Å²) in [6.07, 6.45) is -0.608. The molecule has 1 amide bonds. The summed E-state index contributed by atoms with van der Waals surface area (Å²) >= 11 is 0. The van der Waals surface area contributed by atoms with E-state index in [0.717, 1.165) is 6.07 Å². The predicted molar refractivity (Wildman–Crippen MR) is 97.7 cm³/mol. The summed E-state index contributed by atoms with van der Waals surface area (Å²) in [5.41, 5.74) is -0.247. The van der Waals surface area contributed by atoms with Crippen molar-refractivity contribution < 1.29 is 22.9 Å². The van der Waals surface area contributed by atoms with Gasteiger partial charge in [0.25, 0.3) is 5.69 Å². The van der Waals surface area contributed by atoms with E-state index in [0.29, 0.717) is 6.54 Å². The van der Waals surface area contributed by atoms with Gasteiger partial charge in [-0.05, 0) is 26.2 Å². The van der Waals surface area contributed by atoms with E-state index in [1.54, 1.807) is 30.9 Å². The van der Waals surface area contributed by atoms with Gasteiger partial charge in [-0.3, -0.25) is 14.9 Å². The lowest BCUT2D eigenvalue weighted by Gasteiger charge is -2.38. The van der Waals surface area contributed by atoms with Gasteiger partial charge >= 0.3 is 0 Å². The first-order valence-electron chi connectivity index (χ1n) is 8.09. The number of benzene rings is 1. The number of carbonyl (C=O) groups excluding carboxylic acids is 1. The molecule has 0 spiro atoms. The average molecular weight is 401 g/mol. The quantitative estimate of drug-likeness (QED) is 0.493. The number of amides is 1. The number of sulfonamides is 1. The highest BCUT2D eigenvalue weighted by atomic mass is 32.2. The van der Waals surface area contributed by atoms with Crippen LogP contribution in [0, 0.1) is 10.1 Å². The predicted octanol–water partition coefficient (Wildman–Crippen LogP) is -0.575. The number of nitrogens with zero attached hydrogens (tertiary/aromatic N) is 4. The van der Waals surface area contributed by atoms with Crippen molar-refractivity contribution >= 4 is 27.3 Å². The number of hydrogen-bond donors (Lipinski definition) is 1. The molecule has 1 heterocycles. The minimum Gasteiger partial charge on any atom is -0.355 e. The van der Waals surface area contributed by atoms with Gasteiger partial charge in [0.15, 0.2) is 0 Å². The summed E-state index contributed by atoms with van der Waals surface area (Å²) in [5, 5.41) is 16.5. The second-order valence-corrected chi connectivity index (χ2v) is 8.03. The third kappa shape index (κ3) is 5.13. The maximum atomic E-state index is 12.3. The molecule has 12 heteroatoms. The Kier molecular flexibility index (Phi) is 6.36. The standard InChI is InChI=1S/C15H23N5O6S/c1-17(2)9-14(21)19-6-7-26-15(10-19)18(3)12-5-4-11(27(16,24)25)8-13(12)20(22)23/h4-5,8,15H,6-7,9-10H2,1-3H3,(H2,16,24,25). The molecule has 1 atom stereocenters. The van der Waals surface area contributed by atoms with E-state index in [4.69, 9.17) is 9.88 Å². The topological polar surface area (TPSA) is 139 Å². The molecule has 1 fully saturated rings. The largest absolute Gasteiger partial charge is 0.355 e. The fourth-order valence-corrected chi connectivity index (χ4v) is 3.28. The molecular weight excluding hydrogens is 378 g/mol. The number of ether oxygens (including phenoxy) is 1. The molecule has 150 valence electrons. The Bertz CT molecular complexity index is 828. The Morgan fingerprint density at radius 3 is 2.63 bits per heavy atom. The van der Waals surface area contributed by atoms with E-state index >= 15 is 0 Å². The first-order chi connectivity index (χ1) is 12.5. The summed E-state index contributed by atoms with van der Waals surface area (Å²) < 4.78 is 28.6. The number of nitrogens with two attached hydrogens (primary N) is 1. The Balaban J connectivity index is 2.27. The van der Waals surface area contributed by atoms with Gasteiger partial charge in [-0.25, -0.2) is 13.6 Å². The Hall–Kier alpha value is -2.28. The van der Waals surface area contributed by atoms with Gasteiger partial charge in [0, 0.05) is 19.7 Å². The molecule has 1 saturated heterocycles. The number of nitro benzene ring substituents is 1. The smallest absolute Gasteiger partial charge is 0.293 e. The third-order valence-electron chi connectivity index (χ3n) is 4.14. The Morgan fingerprint density at radius 1 is 1.41 bits per heavy atom. The van der Waals surface area contributed by atoms with E-state index in [-0.39, 0.29) is 36.2 Å². The highest BCUT2D eigenvalue weighted by molar-refractivity contribution is 7.89. The maximum Gasteiger partial charge on any atom is 0.293 e. The van der Waals surface area contributed by atoms with Crippen LogP contribution in [0.5, 0.6) is 0 Å². The lowest BCUT2D eigenvalue weighted by molar-refractivity contribution is -0.384. The molecule has 0 aliphatic carbocycles. The van der Waals surface area contributed by atoms with Crippen molar-refractivity contribution in [1.29, 1.82) is 0 Å². The lowest BCUT2D eigenvalue weighted by Crippen LogP contribution is -2.53. The van der Waals surface area contributed by atoms with Crippen LogP contribution in [0.3, 0.4) is 0 Å². The number of carbonyl (C=O) groups is 1. The number of morpholine rings is 1. The minimum absolute atomic E-state index is 0.0687. The van der Waals surface area contributed by atoms with Crippen LogP contribution in [0.2, 0.25) is 0 Å².